The Balaban J connectivity index is 1.90. The number of hydrogen-bond acceptors (Lipinski definition) is 2. The molecule has 0 aliphatic heterocycles. The zero-order valence-corrected chi connectivity index (χ0v) is 8.57. The van der Waals surface area contributed by atoms with Crippen LogP contribution >= 0.6 is 0 Å². The van der Waals surface area contributed by atoms with Crippen molar-refractivity contribution in [2.24, 2.45) is 5.73 Å². The van der Waals surface area contributed by atoms with E-state index in [0.29, 0.717) is 12.1 Å². The largest absolute Gasteiger partial charge is 0.490 e. The van der Waals surface area contributed by atoms with Crippen molar-refractivity contribution < 1.29 is 4.74 Å². The van der Waals surface area contributed by atoms with Crippen LogP contribution in [0.15, 0.2) is 24.3 Å². The minimum absolute atomic E-state index is 0.345. The molecule has 0 bridgehead atoms. The van der Waals surface area contributed by atoms with E-state index in [9.17, 15) is 0 Å². The van der Waals surface area contributed by atoms with Crippen LogP contribution in [0.2, 0.25) is 0 Å². The molecule has 2 N–H and O–H groups in total. The molecule has 1 aromatic rings. The van der Waals surface area contributed by atoms with E-state index >= 15 is 0 Å². The molecule has 14 heavy (non-hydrogen) atoms. The fraction of sp³-hybridized carbons (Fsp3) is 0.500. The molecule has 0 atom stereocenters. The first-order valence-electron chi connectivity index (χ1n) is 5.29. The van der Waals surface area contributed by atoms with E-state index in [-0.39, 0.29) is 0 Å². The molecule has 0 spiro atoms. The van der Waals surface area contributed by atoms with Gasteiger partial charge in [-0.2, -0.15) is 0 Å². The van der Waals surface area contributed by atoms with Crippen LogP contribution in [-0.4, -0.2) is 12.1 Å². The maximum atomic E-state index is 5.74. The van der Waals surface area contributed by atoms with Gasteiger partial charge in [-0.1, -0.05) is 19.1 Å². The summed E-state index contributed by atoms with van der Waals surface area (Å²) in [6.07, 6.45) is 3.41. The van der Waals surface area contributed by atoms with Gasteiger partial charge in [-0.3, -0.25) is 0 Å². The van der Waals surface area contributed by atoms with Gasteiger partial charge < -0.3 is 10.5 Å². The van der Waals surface area contributed by atoms with Gasteiger partial charge in [-0.15, -0.1) is 0 Å². The van der Waals surface area contributed by atoms with Crippen molar-refractivity contribution >= 4 is 0 Å². The molecule has 1 aliphatic rings. The first-order valence-corrected chi connectivity index (χ1v) is 5.29. The van der Waals surface area contributed by atoms with E-state index in [1.54, 1.807) is 0 Å². The molecular formula is C12H17NO. The molecule has 0 heterocycles. The van der Waals surface area contributed by atoms with Gasteiger partial charge in [0.25, 0.3) is 0 Å². The minimum atomic E-state index is 0.345. The van der Waals surface area contributed by atoms with Gasteiger partial charge in [0.2, 0.25) is 0 Å². The molecule has 0 unspecified atom stereocenters. The summed E-state index contributed by atoms with van der Waals surface area (Å²) in [5, 5.41) is 0. The summed E-state index contributed by atoms with van der Waals surface area (Å²) in [7, 11) is 0. The lowest BCUT2D eigenvalue weighted by Crippen LogP contribution is -2.43. The van der Waals surface area contributed by atoms with Crippen molar-refractivity contribution in [3.63, 3.8) is 0 Å². The Morgan fingerprint density at radius 3 is 2.43 bits per heavy atom. The number of benzene rings is 1. The summed E-state index contributed by atoms with van der Waals surface area (Å²) in [6.45, 7) is 2.15. The predicted molar refractivity (Wildman–Crippen MR) is 57.4 cm³/mol. The zero-order valence-electron chi connectivity index (χ0n) is 8.57. The SMILES string of the molecule is CCc1ccc(O[C@H]2C[C@@H](N)C2)cc1. The molecule has 2 heteroatoms. The lowest BCUT2D eigenvalue weighted by atomic mass is 9.90. The first-order chi connectivity index (χ1) is 6.78. The number of rotatable bonds is 3. The topological polar surface area (TPSA) is 35.2 Å². The molecule has 0 radical (unpaired) electrons. The summed E-state index contributed by atoms with van der Waals surface area (Å²) in [5.41, 5.74) is 7.04. The van der Waals surface area contributed by atoms with Gasteiger partial charge in [0.1, 0.15) is 11.9 Å². The van der Waals surface area contributed by atoms with E-state index < -0.39 is 0 Å². The Hall–Kier alpha value is -1.02. The maximum Gasteiger partial charge on any atom is 0.119 e. The third-order valence-corrected chi connectivity index (χ3v) is 2.77. The molecular weight excluding hydrogens is 174 g/mol. The third-order valence-electron chi connectivity index (χ3n) is 2.77. The Morgan fingerprint density at radius 1 is 1.29 bits per heavy atom. The van der Waals surface area contributed by atoms with Crippen LogP contribution in [0.1, 0.15) is 25.3 Å². The fourth-order valence-electron chi connectivity index (χ4n) is 1.70. The van der Waals surface area contributed by atoms with Gasteiger partial charge in [0.15, 0.2) is 0 Å². The molecule has 76 valence electrons. The molecule has 0 aromatic heterocycles. The third kappa shape index (κ3) is 2.07. The van der Waals surface area contributed by atoms with Gasteiger partial charge in [-0.25, -0.2) is 0 Å². The van der Waals surface area contributed by atoms with E-state index in [1.165, 1.54) is 5.56 Å². The van der Waals surface area contributed by atoms with E-state index in [4.69, 9.17) is 10.5 Å². The maximum absolute atomic E-state index is 5.74. The second kappa shape index (κ2) is 4.01. The lowest BCUT2D eigenvalue weighted by molar-refractivity contribution is 0.101. The van der Waals surface area contributed by atoms with Crippen LogP contribution in [0.4, 0.5) is 0 Å². The summed E-state index contributed by atoms with van der Waals surface area (Å²) >= 11 is 0. The van der Waals surface area contributed by atoms with E-state index in [1.807, 2.05) is 12.1 Å². The monoisotopic (exact) mass is 191 g/mol. The predicted octanol–water partition coefficient (Wildman–Crippen LogP) is 2.12. The number of hydrogen-bond donors (Lipinski definition) is 1. The van der Waals surface area contributed by atoms with Crippen LogP contribution in [-0.2, 0) is 6.42 Å². The average molecular weight is 191 g/mol. The molecule has 0 amide bonds. The van der Waals surface area contributed by atoms with Crippen molar-refractivity contribution in [3.8, 4) is 5.75 Å². The van der Waals surface area contributed by atoms with Gasteiger partial charge in [0.05, 0.1) is 0 Å². The van der Waals surface area contributed by atoms with Crippen molar-refractivity contribution in [2.75, 3.05) is 0 Å². The van der Waals surface area contributed by atoms with Gasteiger partial charge in [0, 0.05) is 6.04 Å². The van der Waals surface area contributed by atoms with Crippen molar-refractivity contribution in [1.29, 1.82) is 0 Å². The molecule has 0 saturated heterocycles. The van der Waals surface area contributed by atoms with E-state index in [2.05, 4.69) is 19.1 Å². The number of ether oxygens (including phenoxy) is 1. The average Bonchev–Trinajstić information content (AvgIpc) is 2.17. The van der Waals surface area contributed by atoms with Crippen LogP contribution < -0.4 is 10.5 Å². The molecule has 1 aliphatic carbocycles. The Labute approximate surface area is 85.1 Å². The van der Waals surface area contributed by atoms with Gasteiger partial charge >= 0.3 is 0 Å². The summed E-state index contributed by atoms with van der Waals surface area (Å²) in [4.78, 5) is 0. The Morgan fingerprint density at radius 2 is 1.93 bits per heavy atom. The zero-order chi connectivity index (χ0) is 9.97. The van der Waals surface area contributed by atoms with Crippen molar-refractivity contribution in [1.82, 2.24) is 0 Å². The van der Waals surface area contributed by atoms with Crippen LogP contribution in [0.5, 0.6) is 5.75 Å². The Bertz CT molecular complexity index is 288. The summed E-state index contributed by atoms with van der Waals surface area (Å²) in [5.74, 6) is 0.971. The summed E-state index contributed by atoms with van der Waals surface area (Å²) in [6, 6.07) is 8.68. The smallest absolute Gasteiger partial charge is 0.119 e. The number of aryl methyl sites for hydroxylation is 1. The van der Waals surface area contributed by atoms with E-state index in [0.717, 1.165) is 25.0 Å². The highest BCUT2D eigenvalue weighted by atomic mass is 16.5. The molecule has 2 nitrogen and oxygen atoms in total. The standard InChI is InChI=1S/C12H17NO/c1-2-9-3-5-11(6-4-9)14-12-7-10(13)8-12/h3-6,10,12H,2,7-8,13H2,1H3/t10-,12+. The molecule has 1 aromatic carbocycles. The Kier molecular flexibility index (Phi) is 2.73. The summed E-state index contributed by atoms with van der Waals surface area (Å²) < 4.78 is 5.74. The van der Waals surface area contributed by atoms with Gasteiger partial charge in [-0.05, 0) is 37.0 Å². The molecule has 2 rings (SSSR count). The minimum Gasteiger partial charge on any atom is -0.490 e. The van der Waals surface area contributed by atoms with Crippen molar-refractivity contribution in [3.05, 3.63) is 29.8 Å². The fourth-order valence-corrected chi connectivity index (χ4v) is 1.70. The second-order valence-electron chi connectivity index (χ2n) is 3.97. The molecule has 1 saturated carbocycles. The van der Waals surface area contributed by atoms with Crippen LogP contribution in [0.3, 0.4) is 0 Å². The van der Waals surface area contributed by atoms with Crippen LogP contribution in [0, 0.1) is 0 Å². The highest BCUT2D eigenvalue weighted by Gasteiger charge is 2.27. The highest BCUT2D eigenvalue weighted by molar-refractivity contribution is 5.27. The lowest BCUT2D eigenvalue weighted by Gasteiger charge is -2.32. The van der Waals surface area contributed by atoms with Crippen LogP contribution in [0.25, 0.3) is 0 Å². The second-order valence-corrected chi connectivity index (χ2v) is 3.97. The highest BCUT2D eigenvalue weighted by Crippen LogP contribution is 2.24. The number of nitrogens with two attached hydrogens (primary N) is 1. The normalized spacial score (nSPS) is 25.6. The van der Waals surface area contributed by atoms with Crippen molar-refractivity contribution in [2.45, 2.75) is 38.3 Å². The first kappa shape index (κ1) is 9.53. The quantitative estimate of drug-likeness (QED) is 0.794. The molecule has 1 fully saturated rings.